The smallest absolute Gasteiger partial charge is 0.0824 e. The molecule has 1 nitrogen and oxygen atoms in total. The molecule has 0 saturated carbocycles. The lowest BCUT2D eigenvalue weighted by Gasteiger charge is -2.06. The van der Waals surface area contributed by atoms with Gasteiger partial charge in [-0.2, -0.15) is 0 Å². The predicted octanol–water partition coefficient (Wildman–Crippen LogP) is 3.19. The van der Waals surface area contributed by atoms with Crippen LogP contribution in [0.4, 0.5) is 5.69 Å². The zero-order chi connectivity index (χ0) is 8.59. The van der Waals surface area contributed by atoms with Gasteiger partial charge >= 0.3 is 0 Å². The van der Waals surface area contributed by atoms with Crippen LogP contribution >= 0.6 is 23.2 Å². The summed E-state index contributed by atoms with van der Waals surface area (Å²) in [6.07, 6.45) is 0. The highest BCUT2D eigenvalue weighted by Gasteiger charge is 2.06. The molecule has 0 amide bonds. The van der Waals surface area contributed by atoms with Crippen molar-refractivity contribution >= 4 is 28.9 Å². The minimum Gasteiger partial charge on any atom is -0.397 e. The second-order valence-corrected chi connectivity index (χ2v) is 3.29. The molecule has 60 valence electrons. The summed E-state index contributed by atoms with van der Waals surface area (Å²) in [5.74, 6) is 0. The highest BCUT2D eigenvalue weighted by molar-refractivity contribution is 6.44. The van der Waals surface area contributed by atoms with Crippen LogP contribution in [0.5, 0.6) is 0 Å². The van der Waals surface area contributed by atoms with E-state index in [-0.39, 0.29) is 0 Å². The van der Waals surface area contributed by atoms with E-state index >= 15 is 0 Å². The molecule has 0 aliphatic rings. The van der Waals surface area contributed by atoms with E-state index in [1.165, 1.54) is 0 Å². The summed E-state index contributed by atoms with van der Waals surface area (Å²) >= 11 is 11.7. The molecule has 0 aliphatic heterocycles. The number of hydrogen-bond donors (Lipinski definition) is 1. The van der Waals surface area contributed by atoms with E-state index in [1.807, 2.05) is 19.9 Å². The Morgan fingerprint density at radius 1 is 1.18 bits per heavy atom. The summed E-state index contributed by atoms with van der Waals surface area (Å²) in [5, 5.41) is 1.01. The lowest BCUT2D eigenvalue weighted by atomic mass is 10.1. The fraction of sp³-hybridized carbons (Fsp3) is 0.250. The molecule has 0 heterocycles. The molecule has 1 rings (SSSR count). The number of aryl methyl sites for hydroxylation is 1. The summed E-state index contributed by atoms with van der Waals surface area (Å²) in [7, 11) is 0. The molecule has 0 aromatic heterocycles. The Morgan fingerprint density at radius 2 is 1.73 bits per heavy atom. The molecule has 11 heavy (non-hydrogen) atoms. The summed E-state index contributed by atoms with van der Waals surface area (Å²) in [5.41, 5.74) is 8.17. The van der Waals surface area contributed by atoms with Gasteiger partial charge in [-0.3, -0.25) is 0 Å². The van der Waals surface area contributed by atoms with Crippen molar-refractivity contribution in [3.63, 3.8) is 0 Å². The first-order valence-electron chi connectivity index (χ1n) is 3.24. The van der Waals surface area contributed by atoms with E-state index < -0.39 is 0 Å². The van der Waals surface area contributed by atoms with Gasteiger partial charge in [0, 0.05) is 0 Å². The van der Waals surface area contributed by atoms with E-state index in [1.54, 1.807) is 0 Å². The number of rotatable bonds is 0. The van der Waals surface area contributed by atoms with Crippen LogP contribution in [0.25, 0.3) is 0 Å². The van der Waals surface area contributed by atoms with Crippen molar-refractivity contribution in [3.8, 4) is 0 Å². The average Bonchev–Trinajstić information content (AvgIpc) is 1.97. The molecular weight excluding hydrogens is 181 g/mol. The van der Waals surface area contributed by atoms with Crippen molar-refractivity contribution < 1.29 is 0 Å². The van der Waals surface area contributed by atoms with Gasteiger partial charge in [0.05, 0.1) is 15.7 Å². The van der Waals surface area contributed by atoms with E-state index in [4.69, 9.17) is 28.9 Å². The van der Waals surface area contributed by atoms with E-state index in [0.29, 0.717) is 15.7 Å². The van der Waals surface area contributed by atoms with Crippen LogP contribution in [-0.2, 0) is 0 Å². The van der Waals surface area contributed by atoms with Crippen LogP contribution in [0.3, 0.4) is 0 Å². The normalized spacial score (nSPS) is 10.2. The lowest BCUT2D eigenvalue weighted by molar-refractivity contribution is 1.34. The maximum Gasteiger partial charge on any atom is 0.0824 e. The maximum atomic E-state index is 5.88. The fourth-order valence-corrected chi connectivity index (χ4v) is 1.32. The first-order valence-corrected chi connectivity index (χ1v) is 4.00. The van der Waals surface area contributed by atoms with Crippen LogP contribution < -0.4 is 5.73 Å². The number of anilines is 1. The highest BCUT2D eigenvalue weighted by atomic mass is 35.5. The SMILES string of the molecule is Cc1cc(N)c(Cl)c(Cl)c1C. The fourth-order valence-electron chi connectivity index (χ4n) is 0.869. The number of hydrogen-bond acceptors (Lipinski definition) is 1. The molecule has 0 bridgehead atoms. The second kappa shape index (κ2) is 2.92. The third kappa shape index (κ3) is 1.44. The van der Waals surface area contributed by atoms with Gasteiger partial charge in [-0.1, -0.05) is 23.2 Å². The Labute approximate surface area is 76.1 Å². The molecule has 0 aliphatic carbocycles. The van der Waals surface area contributed by atoms with Crippen molar-refractivity contribution in [1.82, 2.24) is 0 Å². The summed E-state index contributed by atoms with van der Waals surface area (Å²) in [4.78, 5) is 0. The monoisotopic (exact) mass is 189 g/mol. The highest BCUT2D eigenvalue weighted by Crippen LogP contribution is 2.32. The Kier molecular flexibility index (Phi) is 2.31. The molecule has 0 unspecified atom stereocenters. The van der Waals surface area contributed by atoms with Gasteiger partial charge in [-0.05, 0) is 31.0 Å². The standard InChI is InChI=1S/C8H9Cl2N/c1-4-3-6(11)8(10)7(9)5(4)2/h3H,11H2,1-2H3. The second-order valence-electron chi connectivity index (χ2n) is 2.54. The molecule has 1 aromatic carbocycles. The van der Waals surface area contributed by atoms with Crippen LogP contribution in [0, 0.1) is 13.8 Å². The van der Waals surface area contributed by atoms with Gasteiger partial charge in [0.2, 0.25) is 0 Å². The van der Waals surface area contributed by atoms with Crippen molar-refractivity contribution in [2.45, 2.75) is 13.8 Å². The maximum absolute atomic E-state index is 5.88. The number of benzene rings is 1. The van der Waals surface area contributed by atoms with Crippen molar-refractivity contribution in [3.05, 3.63) is 27.2 Å². The summed E-state index contributed by atoms with van der Waals surface area (Å²) in [6.45, 7) is 3.87. The molecule has 2 N–H and O–H groups in total. The minimum atomic E-state index is 0.453. The van der Waals surface area contributed by atoms with Crippen molar-refractivity contribution in [1.29, 1.82) is 0 Å². The van der Waals surface area contributed by atoms with Gasteiger partial charge in [0.1, 0.15) is 0 Å². The molecule has 0 spiro atoms. The lowest BCUT2D eigenvalue weighted by Crippen LogP contribution is -1.91. The van der Waals surface area contributed by atoms with Crippen molar-refractivity contribution in [2.75, 3.05) is 5.73 Å². The van der Waals surface area contributed by atoms with Crippen molar-refractivity contribution in [2.24, 2.45) is 0 Å². The van der Waals surface area contributed by atoms with Crippen LogP contribution in [0.1, 0.15) is 11.1 Å². The van der Waals surface area contributed by atoms with Gasteiger partial charge in [0.15, 0.2) is 0 Å². The molecule has 0 fully saturated rings. The Morgan fingerprint density at radius 3 is 2.27 bits per heavy atom. The molecule has 0 atom stereocenters. The molecule has 3 heteroatoms. The van der Waals surface area contributed by atoms with E-state index in [0.717, 1.165) is 11.1 Å². The predicted molar refractivity (Wildman–Crippen MR) is 50.3 cm³/mol. The molecule has 1 aromatic rings. The molecule has 0 saturated heterocycles. The Bertz CT molecular complexity index is 268. The third-order valence-corrected chi connectivity index (χ3v) is 2.72. The van der Waals surface area contributed by atoms with Crippen LogP contribution in [0.15, 0.2) is 6.07 Å². The molecular formula is C8H9Cl2N. The average molecular weight is 190 g/mol. The van der Waals surface area contributed by atoms with E-state index in [2.05, 4.69) is 0 Å². The van der Waals surface area contributed by atoms with Gasteiger partial charge in [-0.25, -0.2) is 0 Å². The van der Waals surface area contributed by atoms with Gasteiger partial charge in [0.25, 0.3) is 0 Å². The van der Waals surface area contributed by atoms with Crippen LogP contribution in [0.2, 0.25) is 10.0 Å². The number of nitrogens with two attached hydrogens (primary N) is 1. The summed E-state index contributed by atoms with van der Waals surface area (Å²) in [6, 6.07) is 1.82. The van der Waals surface area contributed by atoms with E-state index in [9.17, 15) is 0 Å². The third-order valence-electron chi connectivity index (χ3n) is 1.74. The van der Waals surface area contributed by atoms with Crippen LogP contribution in [-0.4, -0.2) is 0 Å². The Balaban J connectivity index is 3.46. The zero-order valence-electron chi connectivity index (χ0n) is 6.41. The summed E-state index contributed by atoms with van der Waals surface area (Å²) < 4.78 is 0. The molecule has 0 radical (unpaired) electrons. The Hall–Kier alpha value is -0.400. The first-order chi connectivity index (χ1) is 5.04. The first kappa shape index (κ1) is 8.69. The number of halogens is 2. The zero-order valence-corrected chi connectivity index (χ0v) is 7.92. The topological polar surface area (TPSA) is 26.0 Å². The van der Waals surface area contributed by atoms with Gasteiger partial charge in [-0.15, -0.1) is 0 Å². The minimum absolute atomic E-state index is 0.453. The van der Waals surface area contributed by atoms with Gasteiger partial charge < -0.3 is 5.73 Å². The number of nitrogen functional groups attached to an aromatic ring is 1. The quantitative estimate of drug-likeness (QED) is 0.624. The largest absolute Gasteiger partial charge is 0.397 e.